The molecule has 1 atom stereocenters. The molecular weight excluding hydrogens is 194 g/mol. The SMILES string of the molecule is [C-]#[N+]C1(C)COc2ccc(OC)cc2O1. The van der Waals surface area contributed by atoms with E-state index in [-0.39, 0.29) is 6.61 Å². The molecule has 0 N–H and O–H groups in total. The third-order valence-corrected chi connectivity index (χ3v) is 2.21. The highest BCUT2D eigenvalue weighted by Crippen LogP contribution is 2.38. The molecule has 15 heavy (non-hydrogen) atoms. The monoisotopic (exact) mass is 205 g/mol. The molecule has 0 aromatic heterocycles. The number of rotatable bonds is 1. The molecule has 1 aliphatic rings. The van der Waals surface area contributed by atoms with Gasteiger partial charge in [-0.15, -0.1) is 0 Å². The van der Waals surface area contributed by atoms with E-state index in [4.69, 9.17) is 20.8 Å². The fourth-order valence-corrected chi connectivity index (χ4v) is 1.35. The van der Waals surface area contributed by atoms with E-state index in [9.17, 15) is 0 Å². The summed E-state index contributed by atoms with van der Waals surface area (Å²) in [5, 5.41) is 0. The fraction of sp³-hybridized carbons (Fsp3) is 0.364. The summed E-state index contributed by atoms with van der Waals surface area (Å²) in [6, 6.07) is 5.29. The van der Waals surface area contributed by atoms with Crippen LogP contribution in [0, 0.1) is 6.57 Å². The summed E-state index contributed by atoms with van der Waals surface area (Å²) in [4.78, 5) is 3.40. The molecule has 4 heteroatoms. The topological polar surface area (TPSA) is 32.0 Å². The maximum Gasteiger partial charge on any atom is 0.406 e. The summed E-state index contributed by atoms with van der Waals surface area (Å²) in [5.74, 6) is 1.89. The Morgan fingerprint density at radius 3 is 2.93 bits per heavy atom. The van der Waals surface area contributed by atoms with Gasteiger partial charge in [0.05, 0.1) is 14.0 Å². The Balaban J connectivity index is 2.36. The van der Waals surface area contributed by atoms with Crippen LogP contribution in [0.2, 0.25) is 0 Å². The predicted molar refractivity (Wildman–Crippen MR) is 54.1 cm³/mol. The lowest BCUT2D eigenvalue weighted by Crippen LogP contribution is -2.38. The summed E-state index contributed by atoms with van der Waals surface area (Å²) >= 11 is 0. The Morgan fingerprint density at radius 2 is 2.27 bits per heavy atom. The first-order valence-corrected chi connectivity index (χ1v) is 4.55. The molecule has 2 rings (SSSR count). The van der Waals surface area contributed by atoms with Gasteiger partial charge in [-0.2, -0.15) is 0 Å². The van der Waals surface area contributed by atoms with Crippen molar-refractivity contribution >= 4 is 0 Å². The van der Waals surface area contributed by atoms with E-state index in [1.54, 1.807) is 32.2 Å². The van der Waals surface area contributed by atoms with Crippen LogP contribution < -0.4 is 14.2 Å². The Hall–Kier alpha value is -1.89. The molecule has 1 aromatic carbocycles. The fourth-order valence-electron chi connectivity index (χ4n) is 1.35. The largest absolute Gasteiger partial charge is 0.497 e. The second-order valence-corrected chi connectivity index (χ2v) is 3.49. The van der Waals surface area contributed by atoms with Crippen molar-refractivity contribution in [3.63, 3.8) is 0 Å². The molecule has 1 heterocycles. The number of nitrogens with zero attached hydrogens (tertiary/aromatic N) is 1. The smallest absolute Gasteiger partial charge is 0.406 e. The molecule has 0 spiro atoms. The second kappa shape index (κ2) is 3.35. The van der Waals surface area contributed by atoms with E-state index >= 15 is 0 Å². The molecule has 78 valence electrons. The number of benzene rings is 1. The van der Waals surface area contributed by atoms with Crippen LogP contribution in [0.1, 0.15) is 6.92 Å². The maximum absolute atomic E-state index is 7.02. The van der Waals surface area contributed by atoms with Crippen LogP contribution in [0.15, 0.2) is 18.2 Å². The van der Waals surface area contributed by atoms with Gasteiger partial charge < -0.3 is 14.2 Å². The molecule has 1 aromatic rings. The first kappa shape index (κ1) is 9.66. The van der Waals surface area contributed by atoms with Crippen molar-refractivity contribution in [2.75, 3.05) is 13.7 Å². The summed E-state index contributed by atoms with van der Waals surface area (Å²) < 4.78 is 16.1. The highest BCUT2D eigenvalue weighted by atomic mass is 16.6. The van der Waals surface area contributed by atoms with Crippen LogP contribution in [-0.4, -0.2) is 19.4 Å². The van der Waals surface area contributed by atoms with Gasteiger partial charge in [0.25, 0.3) is 0 Å². The molecular formula is C11H11NO3. The second-order valence-electron chi connectivity index (χ2n) is 3.49. The lowest BCUT2D eigenvalue weighted by molar-refractivity contribution is 0.0420. The van der Waals surface area contributed by atoms with Crippen molar-refractivity contribution in [3.05, 3.63) is 29.6 Å². The number of ether oxygens (including phenoxy) is 3. The van der Waals surface area contributed by atoms with E-state index < -0.39 is 5.72 Å². The van der Waals surface area contributed by atoms with Gasteiger partial charge >= 0.3 is 5.72 Å². The van der Waals surface area contributed by atoms with Gasteiger partial charge in [-0.3, -0.25) is 4.85 Å². The molecule has 0 radical (unpaired) electrons. The molecule has 1 unspecified atom stereocenters. The molecule has 0 amide bonds. The number of hydrogen-bond donors (Lipinski definition) is 0. The number of fused-ring (bicyclic) bond motifs is 1. The zero-order valence-corrected chi connectivity index (χ0v) is 8.61. The zero-order valence-electron chi connectivity index (χ0n) is 8.61. The first-order valence-electron chi connectivity index (χ1n) is 4.55. The van der Waals surface area contributed by atoms with Gasteiger partial charge in [0.15, 0.2) is 11.5 Å². The van der Waals surface area contributed by atoms with Crippen LogP contribution in [-0.2, 0) is 0 Å². The standard InChI is InChI=1S/C11H11NO3/c1-11(12-2)7-14-9-5-4-8(13-3)6-10(9)15-11/h4-6H,7H2,1,3H3. The van der Waals surface area contributed by atoms with Crippen molar-refractivity contribution in [3.8, 4) is 17.2 Å². The van der Waals surface area contributed by atoms with Crippen molar-refractivity contribution in [2.24, 2.45) is 0 Å². The van der Waals surface area contributed by atoms with E-state index in [2.05, 4.69) is 4.85 Å². The van der Waals surface area contributed by atoms with Crippen LogP contribution in [0.5, 0.6) is 17.2 Å². The van der Waals surface area contributed by atoms with Gasteiger partial charge in [0, 0.05) is 6.07 Å². The average Bonchev–Trinajstić information content (AvgIpc) is 2.28. The molecule has 0 saturated carbocycles. The van der Waals surface area contributed by atoms with E-state index in [0.29, 0.717) is 17.2 Å². The quantitative estimate of drug-likeness (QED) is 0.658. The van der Waals surface area contributed by atoms with Gasteiger partial charge in [-0.05, 0) is 12.1 Å². The van der Waals surface area contributed by atoms with Crippen molar-refractivity contribution in [2.45, 2.75) is 12.6 Å². The minimum Gasteiger partial charge on any atom is -0.497 e. The van der Waals surface area contributed by atoms with Crippen LogP contribution in [0.4, 0.5) is 0 Å². The van der Waals surface area contributed by atoms with Gasteiger partial charge in [-0.25, -0.2) is 6.57 Å². The lowest BCUT2D eigenvalue weighted by atomic mass is 10.2. The predicted octanol–water partition coefficient (Wildman–Crippen LogP) is 2.10. The summed E-state index contributed by atoms with van der Waals surface area (Å²) in [5.41, 5.74) is -0.931. The van der Waals surface area contributed by atoms with Crippen molar-refractivity contribution in [1.82, 2.24) is 0 Å². The Morgan fingerprint density at radius 1 is 1.47 bits per heavy atom. The summed E-state index contributed by atoms with van der Waals surface area (Å²) in [6.45, 7) is 8.97. The minimum absolute atomic E-state index is 0.246. The molecule has 0 bridgehead atoms. The molecule has 0 saturated heterocycles. The molecule has 0 aliphatic carbocycles. The normalized spacial score (nSPS) is 23.0. The minimum atomic E-state index is -0.931. The Labute approximate surface area is 88.2 Å². The zero-order chi connectivity index (χ0) is 10.9. The van der Waals surface area contributed by atoms with Gasteiger partial charge in [-0.1, -0.05) is 0 Å². The molecule has 4 nitrogen and oxygen atoms in total. The molecule has 1 aliphatic heterocycles. The highest BCUT2D eigenvalue weighted by Gasteiger charge is 2.39. The van der Waals surface area contributed by atoms with Crippen LogP contribution >= 0.6 is 0 Å². The maximum atomic E-state index is 7.02. The van der Waals surface area contributed by atoms with E-state index in [1.807, 2.05) is 0 Å². The first-order chi connectivity index (χ1) is 7.17. The third-order valence-electron chi connectivity index (χ3n) is 2.21. The van der Waals surface area contributed by atoms with Crippen molar-refractivity contribution < 1.29 is 14.2 Å². The number of methoxy groups -OCH3 is 1. The lowest BCUT2D eigenvalue weighted by Gasteiger charge is -2.26. The van der Waals surface area contributed by atoms with Gasteiger partial charge in [0.1, 0.15) is 5.75 Å². The van der Waals surface area contributed by atoms with Gasteiger partial charge in [0.2, 0.25) is 6.61 Å². The summed E-state index contributed by atoms with van der Waals surface area (Å²) in [7, 11) is 1.58. The van der Waals surface area contributed by atoms with Crippen molar-refractivity contribution in [1.29, 1.82) is 0 Å². The van der Waals surface area contributed by atoms with Crippen LogP contribution in [0.25, 0.3) is 4.85 Å². The average molecular weight is 205 g/mol. The number of hydrogen-bond acceptors (Lipinski definition) is 3. The van der Waals surface area contributed by atoms with Crippen LogP contribution in [0.3, 0.4) is 0 Å². The Kier molecular flexibility index (Phi) is 2.16. The molecule has 0 fully saturated rings. The van der Waals surface area contributed by atoms with E-state index in [0.717, 1.165) is 0 Å². The van der Waals surface area contributed by atoms with E-state index in [1.165, 1.54) is 0 Å². The summed E-state index contributed by atoms with van der Waals surface area (Å²) in [6.07, 6.45) is 0. The Bertz CT molecular complexity index is 424. The highest BCUT2D eigenvalue weighted by molar-refractivity contribution is 5.47. The third kappa shape index (κ3) is 1.68.